The molecule has 3 heterocycles. The van der Waals surface area contributed by atoms with E-state index in [1.54, 1.807) is 6.20 Å². The van der Waals surface area contributed by atoms with E-state index in [1.807, 2.05) is 18.2 Å². The number of nitrogens with one attached hydrogen (secondary N) is 2. The van der Waals surface area contributed by atoms with E-state index in [0.717, 1.165) is 25.1 Å². The van der Waals surface area contributed by atoms with Crippen LogP contribution in [0.2, 0.25) is 0 Å². The average molecular weight is 275 g/mol. The Morgan fingerprint density at radius 2 is 2.37 bits per heavy atom. The van der Waals surface area contributed by atoms with Crippen LogP contribution in [0, 0.1) is 0 Å². The van der Waals surface area contributed by atoms with Crippen LogP contribution in [-0.2, 0) is 4.79 Å². The first kappa shape index (κ1) is 12.2. The molecule has 0 aliphatic carbocycles. The van der Waals surface area contributed by atoms with E-state index in [-0.39, 0.29) is 11.9 Å². The largest absolute Gasteiger partial charge is 0.306 e. The van der Waals surface area contributed by atoms with Crippen LogP contribution < -0.4 is 10.6 Å². The number of anilines is 1. The third kappa shape index (κ3) is 2.77. The molecule has 2 aromatic rings. The fraction of sp³-hybridized carbons (Fsp3) is 0.333. The molecule has 0 saturated carbocycles. The number of aromatic nitrogens is 3. The third-order valence-electron chi connectivity index (χ3n) is 2.92. The van der Waals surface area contributed by atoms with Crippen molar-refractivity contribution < 1.29 is 4.79 Å². The maximum atomic E-state index is 11.9. The van der Waals surface area contributed by atoms with Gasteiger partial charge in [-0.1, -0.05) is 17.4 Å². The van der Waals surface area contributed by atoms with Crippen molar-refractivity contribution in [3.63, 3.8) is 0 Å². The minimum Gasteiger partial charge on any atom is -0.306 e. The molecule has 0 aromatic carbocycles. The van der Waals surface area contributed by atoms with Crippen molar-refractivity contribution in [2.75, 3.05) is 11.9 Å². The maximum absolute atomic E-state index is 11.9. The van der Waals surface area contributed by atoms with E-state index in [9.17, 15) is 4.79 Å². The van der Waals surface area contributed by atoms with E-state index in [4.69, 9.17) is 0 Å². The van der Waals surface area contributed by atoms with Gasteiger partial charge in [-0.05, 0) is 31.5 Å². The number of hydrogen-bond acceptors (Lipinski definition) is 6. The highest BCUT2D eigenvalue weighted by Crippen LogP contribution is 2.24. The molecule has 7 heteroatoms. The summed E-state index contributed by atoms with van der Waals surface area (Å²) in [6.45, 7) is 0.896. The molecule has 1 aliphatic heterocycles. The molecule has 98 valence electrons. The van der Waals surface area contributed by atoms with Crippen molar-refractivity contribution >= 4 is 22.4 Å². The van der Waals surface area contributed by atoms with E-state index in [0.29, 0.717) is 10.1 Å². The Balaban J connectivity index is 1.70. The Morgan fingerprint density at radius 1 is 1.42 bits per heavy atom. The van der Waals surface area contributed by atoms with Crippen LogP contribution in [0.15, 0.2) is 24.4 Å². The van der Waals surface area contributed by atoms with Gasteiger partial charge in [0.1, 0.15) is 5.69 Å². The highest BCUT2D eigenvalue weighted by Gasteiger charge is 2.23. The summed E-state index contributed by atoms with van der Waals surface area (Å²) in [6.07, 6.45) is 3.61. The SMILES string of the molecule is O=C(Nc1nnc(-c2ccccn2)s1)C1CCCN1. The number of nitrogens with zero attached hydrogens (tertiary/aromatic N) is 3. The zero-order valence-corrected chi connectivity index (χ0v) is 11.0. The number of rotatable bonds is 3. The summed E-state index contributed by atoms with van der Waals surface area (Å²) in [5.41, 5.74) is 0.763. The molecule has 0 radical (unpaired) electrons. The standard InChI is InChI=1S/C12H13N5OS/c18-10(8-5-3-7-13-8)15-12-17-16-11(19-12)9-4-1-2-6-14-9/h1-2,4,6,8,13H,3,5,7H2,(H,15,17,18). The Kier molecular flexibility index (Phi) is 3.47. The quantitative estimate of drug-likeness (QED) is 0.882. The lowest BCUT2D eigenvalue weighted by atomic mass is 10.2. The molecule has 1 unspecified atom stereocenters. The van der Waals surface area contributed by atoms with E-state index < -0.39 is 0 Å². The smallest absolute Gasteiger partial charge is 0.243 e. The summed E-state index contributed by atoms with van der Waals surface area (Å²) in [5, 5.41) is 15.2. The van der Waals surface area contributed by atoms with Crippen LogP contribution in [0.1, 0.15) is 12.8 Å². The van der Waals surface area contributed by atoms with Crippen molar-refractivity contribution in [2.45, 2.75) is 18.9 Å². The molecular weight excluding hydrogens is 262 g/mol. The monoisotopic (exact) mass is 275 g/mol. The second kappa shape index (κ2) is 5.41. The molecule has 1 fully saturated rings. The lowest BCUT2D eigenvalue weighted by molar-refractivity contribution is -0.117. The van der Waals surface area contributed by atoms with Gasteiger partial charge in [-0.3, -0.25) is 15.1 Å². The van der Waals surface area contributed by atoms with Gasteiger partial charge in [-0.25, -0.2) is 0 Å². The molecular formula is C12H13N5OS. The van der Waals surface area contributed by atoms with E-state index >= 15 is 0 Å². The minimum atomic E-state index is -0.109. The topological polar surface area (TPSA) is 79.8 Å². The first-order valence-corrected chi connectivity index (χ1v) is 6.94. The molecule has 2 aromatic heterocycles. The summed E-state index contributed by atoms with van der Waals surface area (Å²) < 4.78 is 0. The van der Waals surface area contributed by atoms with E-state index in [2.05, 4.69) is 25.8 Å². The minimum absolute atomic E-state index is 0.0405. The summed E-state index contributed by atoms with van der Waals surface area (Å²) in [5.74, 6) is -0.0405. The zero-order valence-electron chi connectivity index (χ0n) is 10.2. The number of carbonyl (C=O) groups is 1. The Morgan fingerprint density at radius 3 is 3.11 bits per heavy atom. The van der Waals surface area contributed by atoms with Crippen LogP contribution in [-0.4, -0.2) is 33.7 Å². The Bertz CT molecular complexity index is 565. The van der Waals surface area contributed by atoms with E-state index in [1.165, 1.54) is 11.3 Å². The maximum Gasteiger partial charge on any atom is 0.243 e. The molecule has 1 atom stereocenters. The second-order valence-corrected chi connectivity index (χ2v) is 5.24. The van der Waals surface area contributed by atoms with Gasteiger partial charge >= 0.3 is 0 Å². The Hall–Kier alpha value is -1.86. The molecule has 1 saturated heterocycles. The van der Waals surface area contributed by atoms with Gasteiger partial charge in [0.05, 0.1) is 6.04 Å². The first-order chi connectivity index (χ1) is 9.33. The molecule has 1 amide bonds. The molecule has 0 spiro atoms. The average Bonchev–Trinajstić information content (AvgIpc) is 3.11. The van der Waals surface area contributed by atoms with Gasteiger partial charge in [0, 0.05) is 6.20 Å². The van der Waals surface area contributed by atoms with Crippen molar-refractivity contribution in [1.29, 1.82) is 0 Å². The molecule has 2 N–H and O–H groups in total. The van der Waals surface area contributed by atoms with Crippen molar-refractivity contribution in [2.24, 2.45) is 0 Å². The summed E-state index contributed by atoms with van der Waals surface area (Å²) in [6, 6.07) is 5.50. The number of pyridine rings is 1. The third-order valence-corrected chi connectivity index (χ3v) is 3.78. The van der Waals surface area contributed by atoms with Gasteiger partial charge in [0.2, 0.25) is 11.0 Å². The van der Waals surface area contributed by atoms with Crippen LogP contribution in [0.4, 0.5) is 5.13 Å². The van der Waals surface area contributed by atoms with Gasteiger partial charge in [-0.15, -0.1) is 10.2 Å². The van der Waals surface area contributed by atoms with Crippen LogP contribution >= 0.6 is 11.3 Å². The number of carbonyl (C=O) groups excluding carboxylic acids is 1. The molecule has 0 bridgehead atoms. The van der Waals surface area contributed by atoms with Crippen LogP contribution in [0.25, 0.3) is 10.7 Å². The number of hydrogen-bond donors (Lipinski definition) is 2. The highest BCUT2D eigenvalue weighted by molar-refractivity contribution is 7.18. The fourth-order valence-electron chi connectivity index (χ4n) is 1.97. The van der Waals surface area contributed by atoms with Gasteiger partial charge < -0.3 is 5.32 Å². The predicted octanol–water partition coefficient (Wildman–Crippen LogP) is 1.29. The molecule has 6 nitrogen and oxygen atoms in total. The summed E-state index contributed by atoms with van der Waals surface area (Å²) in [7, 11) is 0. The van der Waals surface area contributed by atoms with Gasteiger partial charge in [0.15, 0.2) is 5.01 Å². The van der Waals surface area contributed by atoms with Crippen LogP contribution in [0.3, 0.4) is 0 Å². The summed E-state index contributed by atoms with van der Waals surface area (Å²) in [4.78, 5) is 16.1. The summed E-state index contributed by atoms with van der Waals surface area (Å²) >= 11 is 1.33. The first-order valence-electron chi connectivity index (χ1n) is 6.12. The Labute approximate surface area is 114 Å². The number of amides is 1. The zero-order chi connectivity index (χ0) is 13.1. The van der Waals surface area contributed by atoms with Gasteiger partial charge in [0.25, 0.3) is 0 Å². The van der Waals surface area contributed by atoms with Crippen LogP contribution in [0.5, 0.6) is 0 Å². The normalized spacial score (nSPS) is 18.4. The molecule has 1 aliphatic rings. The molecule has 19 heavy (non-hydrogen) atoms. The highest BCUT2D eigenvalue weighted by atomic mass is 32.1. The lowest BCUT2D eigenvalue weighted by Gasteiger charge is -2.07. The van der Waals surface area contributed by atoms with Crippen molar-refractivity contribution in [3.8, 4) is 10.7 Å². The van der Waals surface area contributed by atoms with Gasteiger partial charge in [-0.2, -0.15) is 0 Å². The molecule has 3 rings (SSSR count). The fourth-order valence-corrected chi connectivity index (χ4v) is 2.69. The second-order valence-electron chi connectivity index (χ2n) is 4.27. The predicted molar refractivity (Wildman–Crippen MR) is 72.8 cm³/mol. The van der Waals surface area contributed by atoms with Crippen molar-refractivity contribution in [3.05, 3.63) is 24.4 Å². The van der Waals surface area contributed by atoms with Crippen molar-refractivity contribution in [1.82, 2.24) is 20.5 Å². The lowest BCUT2D eigenvalue weighted by Crippen LogP contribution is -2.35.